The lowest BCUT2D eigenvalue weighted by Gasteiger charge is -2.22. The first kappa shape index (κ1) is 15.4. The number of likely N-dealkylation sites (N-methyl/N-ethyl adjacent to an activating group) is 1. The van der Waals surface area contributed by atoms with Gasteiger partial charge in [0, 0.05) is 19.3 Å². The average molecular weight is 297 g/mol. The number of aliphatic hydroxyl groups excluding tert-OH is 2. The monoisotopic (exact) mass is 296 g/mol. The van der Waals surface area contributed by atoms with Crippen molar-refractivity contribution >= 4 is 17.2 Å². The molecule has 0 spiro atoms. The van der Waals surface area contributed by atoms with Crippen molar-refractivity contribution in [1.29, 1.82) is 0 Å². The number of aliphatic hydroxyl groups is 2. The summed E-state index contributed by atoms with van der Waals surface area (Å²) >= 11 is 6.32. The zero-order chi connectivity index (χ0) is 14.5. The molecule has 1 atom stereocenters. The van der Waals surface area contributed by atoms with Crippen molar-refractivity contribution in [3.8, 4) is 0 Å². The Morgan fingerprint density at radius 2 is 2.30 bits per heavy atom. The zero-order valence-corrected chi connectivity index (χ0v) is 12.5. The minimum atomic E-state index is -0.676. The van der Waals surface area contributed by atoms with Gasteiger partial charge in [-0.25, -0.2) is 0 Å². The highest BCUT2D eigenvalue weighted by molar-refractivity contribution is 6.32. The van der Waals surface area contributed by atoms with Crippen molar-refractivity contribution in [3.63, 3.8) is 0 Å². The van der Waals surface area contributed by atoms with Crippen LogP contribution in [0.15, 0.2) is 18.3 Å². The van der Waals surface area contributed by atoms with Gasteiger partial charge in [0.2, 0.25) is 0 Å². The Labute approximate surface area is 124 Å². The van der Waals surface area contributed by atoms with Crippen LogP contribution < -0.4 is 0 Å². The SMILES string of the molecule is CN1CC=C(c2ncc(CC[C@@H](O)CO)cc2Cl)CC1. The lowest BCUT2D eigenvalue weighted by atomic mass is 10.0. The number of hydrogen-bond acceptors (Lipinski definition) is 4. The van der Waals surface area contributed by atoms with E-state index in [9.17, 15) is 5.11 Å². The molecule has 0 amide bonds. The third-order valence-electron chi connectivity index (χ3n) is 3.59. The molecular formula is C15H21ClN2O2. The summed E-state index contributed by atoms with van der Waals surface area (Å²) in [4.78, 5) is 6.72. The van der Waals surface area contributed by atoms with Crippen LogP contribution in [0.1, 0.15) is 24.1 Å². The molecule has 1 aromatic heterocycles. The van der Waals surface area contributed by atoms with Crippen molar-refractivity contribution in [2.24, 2.45) is 0 Å². The molecule has 20 heavy (non-hydrogen) atoms. The van der Waals surface area contributed by atoms with Crippen molar-refractivity contribution in [2.45, 2.75) is 25.4 Å². The van der Waals surface area contributed by atoms with Crippen LogP contribution in [-0.4, -0.2) is 52.9 Å². The van der Waals surface area contributed by atoms with Crippen LogP contribution in [0, 0.1) is 0 Å². The second kappa shape index (κ2) is 7.18. The Bertz CT molecular complexity index is 491. The number of pyridine rings is 1. The molecule has 0 unspecified atom stereocenters. The van der Waals surface area contributed by atoms with Gasteiger partial charge in [0.05, 0.1) is 23.4 Å². The van der Waals surface area contributed by atoms with Gasteiger partial charge in [-0.15, -0.1) is 0 Å². The van der Waals surface area contributed by atoms with Crippen molar-refractivity contribution < 1.29 is 10.2 Å². The third kappa shape index (κ3) is 4.03. The maximum atomic E-state index is 9.35. The fourth-order valence-electron chi connectivity index (χ4n) is 2.26. The molecule has 0 bridgehead atoms. The quantitative estimate of drug-likeness (QED) is 0.869. The molecule has 1 aliphatic rings. The number of aryl methyl sites for hydroxylation is 1. The summed E-state index contributed by atoms with van der Waals surface area (Å²) in [6, 6.07) is 1.91. The van der Waals surface area contributed by atoms with E-state index in [-0.39, 0.29) is 6.61 Å². The molecule has 0 aliphatic carbocycles. The Morgan fingerprint density at radius 3 is 2.90 bits per heavy atom. The maximum absolute atomic E-state index is 9.35. The minimum absolute atomic E-state index is 0.209. The molecule has 0 fully saturated rings. The normalized spacial score (nSPS) is 17.9. The third-order valence-corrected chi connectivity index (χ3v) is 3.88. The van der Waals surface area contributed by atoms with Gasteiger partial charge >= 0.3 is 0 Å². The van der Waals surface area contributed by atoms with E-state index >= 15 is 0 Å². The Morgan fingerprint density at radius 1 is 1.50 bits per heavy atom. The van der Waals surface area contributed by atoms with Crippen LogP contribution in [0.4, 0.5) is 0 Å². The standard InChI is InChI=1S/C15H21ClN2O2/c1-18-6-4-12(5-7-18)15-14(16)8-11(9-17-15)2-3-13(20)10-19/h4,8-9,13,19-20H,2-3,5-7,10H2,1H3/t13-/m1/s1. The summed E-state index contributed by atoms with van der Waals surface area (Å²) in [6.45, 7) is 1.74. The van der Waals surface area contributed by atoms with E-state index in [0.717, 1.165) is 30.8 Å². The molecule has 0 aromatic carbocycles. The molecule has 1 aromatic rings. The van der Waals surface area contributed by atoms with E-state index in [4.69, 9.17) is 16.7 Å². The van der Waals surface area contributed by atoms with Crippen LogP contribution in [0.3, 0.4) is 0 Å². The van der Waals surface area contributed by atoms with Gasteiger partial charge in [0.25, 0.3) is 0 Å². The molecule has 4 nitrogen and oxygen atoms in total. The lowest BCUT2D eigenvalue weighted by Crippen LogP contribution is -2.24. The van der Waals surface area contributed by atoms with Gasteiger partial charge in [-0.05, 0) is 43.5 Å². The van der Waals surface area contributed by atoms with E-state index in [1.165, 1.54) is 5.57 Å². The Kier molecular flexibility index (Phi) is 5.54. The van der Waals surface area contributed by atoms with Crippen molar-refractivity contribution in [3.05, 3.63) is 34.6 Å². The highest BCUT2D eigenvalue weighted by Crippen LogP contribution is 2.27. The van der Waals surface area contributed by atoms with Crippen LogP contribution >= 0.6 is 11.6 Å². The first-order valence-electron chi connectivity index (χ1n) is 6.91. The fraction of sp³-hybridized carbons (Fsp3) is 0.533. The molecule has 5 heteroatoms. The molecule has 0 saturated carbocycles. The molecule has 0 saturated heterocycles. The van der Waals surface area contributed by atoms with Gasteiger partial charge in [0.15, 0.2) is 0 Å². The average Bonchev–Trinajstić information content (AvgIpc) is 2.46. The highest BCUT2D eigenvalue weighted by Gasteiger charge is 2.14. The molecular weight excluding hydrogens is 276 g/mol. The van der Waals surface area contributed by atoms with E-state index in [0.29, 0.717) is 17.9 Å². The van der Waals surface area contributed by atoms with Crippen molar-refractivity contribution in [1.82, 2.24) is 9.88 Å². The zero-order valence-electron chi connectivity index (χ0n) is 11.7. The van der Waals surface area contributed by atoms with Crippen LogP contribution in [0.5, 0.6) is 0 Å². The maximum Gasteiger partial charge on any atom is 0.0845 e. The Hall–Kier alpha value is -0.940. The molecule has 0 radical (unpaired) electrons. The number of hydrogen-bond donors (Lipinski definition) is 2. The van der Waals surface area contributed by atoms with E-state index in [1.54, 1.807) is 0 Å². The Balaban J connectivity index is 2.06. The summed E-state index contributed by atoms with van der Waals surface area (Å²) in [5, 5.41) is 18.8. The van der Waals surface area contributed by atoms with Gasteiger partial charge in [-0.3, -0.25) is 4.98 Å². The summed E-state index contributed by atoms with van der Waals surface area (Å²) in [5.74, 6) is 0. The lowest BCUT2D eigenvalue weighted by molar-refractivity contribution is 0.0885. The van der Waals surface area contributed by atoms with E-state index < -0.39 is 6.10 Å². The predicted octanol–water partition coefficient (Wildman–Crippen LogP) is 1.74. The van der Waals surface area contributed by atoms with Crippen LogP contribution in [-0.2, 0) is 6.42 Å². The van der Waals surface area contributed by atoms with E-state index in [2.05, 4.69) is 23.0 Å². The smallest absolute Gasteiger partial charge is 0.0845 e. The molecule has 2 rings (SSSR count). The van der Waals surface area contributed by atoms with Crippen molar-refractivity contribution in [2.75, 3.05) is 26.7 Å². The second-order valence-corrected chi connectivity index (χ2v) is 5.70. The van der Waals surface area contributed by atoms with Crippen LogP contribution in [0.2, 0.25) is 5.02 Å². The number of halogens is 1. The van der Waals surface area contributed by atoms with Crippen LogP contribution in [0.25, 0.3) is 5.57 Å². The molecule has 2 N–H and O–H groups in total. The molecule has 2 heterocycles. The summed E-state index contributed by atoms with van der Waals surface area (Å²) in [7, 11) is 2.10. The van der Waals surface area contributed by atoms with Gasteiger partial charge in [-0.1, -0.05) is 17.7 Å². The fourth-order valence-corrected chi connectivity index (χ4v) is 2.57. The minimum Gasteiger partial charge on any atom is -0.394 e. The largest absolute Gasteiger partial charge is 0.394 e. The number of nitrogens with zero attached hydrogens (tertiary/aromatic N) is 2. The summed E-state index contributed by atoms with van der Waals surface area (Å²) in [6.07, 6.45) is 5.45. The number of rotatable bonds is 5. The molecule has 110 valence electrons. The molecule has 1 aliphatic heterocycles. The van der Waals surface area contributed by atoms with Gasteiger partial charge in [0.1, 0.15) is 0 Å². The predicted molar refractivity (Wildman–Crippen MR) is 80.8 cm³/mol. The number of aromatic nitrogens is 1. The second-order valence-electron chi connectivity index (χ2n) is 5.29. The first-order chi connectivity index (χ1) is 9.60. The summed E-state index contributed by atoms with van der Waals surface area (Å²) in [5.41, 5.74) is 3.06. The topological polar surface area (TPSA) is 56.6 Å². The first-order valence-corrected chi connectivity index (χ1v) is 7.29. The van der Waals surface area contributed by atoms with E-state index in [1.807, 2.05) is 12.3 Å². The highest BCUT2D eigenvalue weighted by atomic mass is 35.5. The van der Waals surface area contributed by atoms with Gasteiger partial charge < -0.3 is 15.1 Å². The van der Waals surface area contributed by atoms with Gasteiger partial charge in [-0.2, -0.15) is 0 Å². The summed E-state index contributed by atoms with van der Waals surface area (Å²) < 4.78 is 0.